The number of nitrogens with one attached hydrogen (secondary N) is 2. The van der Waals surface area contributed by atoms with Crippen molar-refractivity contribution >= 4 is 21.7 Å². The lowest BCUT2D eigenvalue weighted by molar-refractivity contribution is 0.601. The van der Waals surface area contributed by atoms with Crippen LogP contribution < -0.4 is 10.0 Å². The molecular formula is C15H20N4O2S. The van der Waals surface area contributed by atoms with Gasteiger partial charge in [0, 0.05) is 6.04 Å². The van der Waals surface area contributed by atoms with Crippen LogP contribution in [0.1, 0.15) is 25.0 Å². The second-order valence-electron chi connectivity index (χ2n) is 5.45. The minimum atomic E-state index is -3.66. The number of anilines is 2. The summed E-state index contributed by atoms with van der Waals surface area (Å²) in [5.41, 5.74) is 1.97. The summed E-state index contributed by atoms with van der Waals surface area (Å²) in [5.74, 6) is 0.789. The highest BCUT2D eigenvalue weighted by Crippen LogP contribution is 2.18. The molecule has 0 bridgehead atoms. The highest BCUT2D eigenvalue weighted by molar-refractivity contribution is 7.92. The van der Waals surface area contributed by atoms with E-state index in [9.17, 15) is 8.42 Å². The molecule has 0 atom stereocenters. The maximum atomic E-state index is 12.3. The Kier molecular flexibility index (Phi) is 4.65. The molecule has 0 spiro atoms. The molecule has 1 heterocycles. The maximum absolute atomic E-state index is 12.3. The zero-order valence-corrected chi connectivity index (χ0v) is 13.9. The molecule has 0 aliphatic carbocycles. The van der Waals surface area contributed by atoms with E-state index in [1.54, 1.807) is 30.3 Å². The van der Waals surface area contributed by atoms with Crippen molar-refractivity contribution in [1.82, 2.24) is 10.2 Å². The van der Waals surface area contributed by atoms with E-state index in [4.69, 9.17) is 0 Å². The second-order valence-corrected chi connectivity index (χ2v) is 7.14. The Morgan fingerprint density at radius 1 is 0.955 bits per heavy atom. The highest BCUT2D eigenvalue weighted by atomic mass is 32.2. The van der Waals surface area contributed by atoms with E-state index >= 15 is 0 Å². The number of hydrogen-bond acceptors (Lipinski definition) is 5. The number of rotatable bonds is 5. The second kappa shape index (κ2) is 6.31. The predicted molar refractivity (Wildman–Crippen MR) is 87.5 cm³/mol. The molecule has 0 amide bonds. The molecule has 0 fully saturated rings. The third-order valence-corrected chi connectivity index (χ3v) is 4.48. The van der Waals surface area contributed by atoms with Crippen LogP contribution in [0.2, 0.25) is 0 Å². The van der Waals surface area contributed by atoms with Crippen molar-refractivity contribution in [2.45, 2.75) is 38.6 Å². The summed E-state index contributed by atoms with van der Waals surface area (Å²) in [4.78, 5) is 0.210. The molecule has 1 aromatic heterocycles. The topological polar surface area (TPSA) is 84.0 Å². The number of aryl methyl sites for hydroxylation is 2. The van der Waals surface area contributed by atoms with Crippen LogP contribution in [-0.4, -0.2) is 24.7 Å². The van der Waals surface area contributed by atoms with Gasteiger partial charge in [-0.3, -0.25) is 4.72 Å². The van der Waals surface area contributed by atoms with E-state index in [1.807, 2.05) is 27.7 Å². The van der Waals surface area contributed by atoms with Crippen molar-refractivity contribution in [2.24, 2.45) is 0 Å². The van der Waals surface area contributed by atoms with Crippen LogP contribution in [0, 0.1) is 13.8 Å². The quantitative estimate of drug-likeness (QED) is 0.885. The van der Waals surface area contributed by atoms with Crippen molar-refractivity contribution in [3.05, 3.63) is 41.5 Å². The van der Waals surface area contributed by atoms with Gasteiger partial charge < -0.3 is 5.32 Å². The largest absolute Gasteiger partial charge is 0.366 e. The summed E-state index contributed by atoms with van der Waals surface area (Å²) >= 11 is 0. The van der Waals surface area contributed by atoms with E-state index in [1.165, 1.54) is 0 Å². The van der Waals surface area contributed by atoms with Crippen molar-refractivity contribution in [1.29, 1.82) is 0 Å². The van der Waals surface area contributed by atoms with Gasteiger partial charge in [-0.25, -0.2) is 8.42 Å². The number of nitrogens with zero attached hydrogens (tertiary/aromatic N) is 2. The first-order valence-corrected chi connectivity index (χ1v) is 8.46. The summed E-state index contributed by atoms with van der Waals surface area (Å²) in [7, 11) is -3.66. The summed E-state index contributed by atoms with van der Waals surface area (Å²) in [6.45, 7) is 7.78. The van der Waals surface area contributed by atoms with Gasteiger partial charge in [-0.1, -0.05) is 6.07 Å². The molecule has 2 rings (SSSR count). The first kappa shape index (κ1) is 16.2. The molecular weight excluding hydrogens is 300 g/mol. The molecule has 1 aromatic carbocycles. The third kappa shape index (κ3) is 3.94. The Bertz CT molecular complexity index is 756. The van der Waals surface area contributed by atoms with Gasteiger partial charge in [-0.15, -0.1) is 10.2 Å². The normalized spacial score (nSPS) is 11.5. The van der Waals surface area contributed by atoms with Gasteiger partial charge in [0.1, 0.15) is 5.82 Å². The SMILES string of the molecule is Cc1ccc(S(=O)(=O)Nc2ccc(NC(C)C)nn2)cc1C. The zero-order chi connectivity index (χ0) is 16.3. The Morgan fingerprint density at radius 3 is 2.14 bits per heavy atom. The van der Waals surface area contributed by atoms with E-state index < -0.39 is 10.0 Å². The minimum absolute atomic E-state index is 0.188. The molecule has 0 unspecified atom stereocenters. The monoisotopic (exact) mass is 320 g/mol. The highest BCUT2D eigenvalue weighted by Gasteiger charge is 2.15. The van der Waals surface area contributed by atoms with Crippen LogP contribution in [0.5, 0.6) is 0 Å². The van der Waals surface area contributed by atoms with Crippen LogP contribution in [-0.2, 0) is 10.0 Å². The van der Waals surface area contributed by atoms with Gasteiger partial charge >= 0.3 is 0 Å². The van der Waals surface area contributed by atoms with Crippen LogP contribution >= 0.6 is 0 Å². The summed E-state index contributed by atoms with van der Waals surface area (Å²) in [5, 5.41) is 10.9. The van der Waals surface area contributed by atoms with Crippen molar-refractivity contribution in [3.63, 3.8) is 0 Å². The molecule has 0 radical (unpaired) electrons. The zero-order valence-electron chi connectivity index (χ0n) is 13.1. The Labute approximate surface area is 131 Å². The number of benzene rings is 1. The number of aromatic nitrogens is 2. The summed E-state index contributed by atoms with van der Waals surface area (Å²) in [6, 6.07) is 8.49. The third-order valence-electron chi connectivity index (χ3n) is 3.13. The van der Waals surface area contributed by atoms with E-state index in [2.05, 4.69) is 20.2 Å². The fourth-order valence-electron chi connectivity index (χ4n) is 1.84. The van der Waals surface area contributed by atoms with Gasteiger partial charge in [-0.2, -0.15) is 0 Å². The molecule has 0 aliphatic rings. The predicted octanol–water partition coefficient (Wildman–Crippen LogP) is 2.71. The van der Waals surface area contributed by atoms with Crippen LogP contribution in [0.15, 0.2) is 35.2 Å². The Balaban J connectivity index is 2.19. The number of sulfonamides is 1. The first-order chi connectivity index (χ1) is 10.3. The van der Waals surface area contributed by atoms with Crippen LogP contribution in [0.3, 0.4) is 0 Å². The van der Waals surface area contributed by atoms with Gasteiger partial charge in [0.25, 0.3) is 10.0 Å². The molecule has 7 heteroatoms. The lowest BCUT2D eigenvalue weighted by Gasteiger charge is -2.10. The molecule has 118 valence electrons. The van der Waals surface area contributed by atoms with Crippen molar-refractivity contribution < 1.29 is 8.42 Å². The average molecular weight is 320 g/mol. The molecule has 6 nitrogen and oxygen atoms in total. The van der Waals surface area contributed by atoms with E-state index in [-0.39, 0.29) is 16.8 Å². The first-order valence-electron chi connectivity index (χ1n) is 6.98. The molecule has 0 saturated heterocycles. The maximum Gasteiger partial charge on any atom is 0.263 e. The van der Waals surface area contributed by atoms with Crippen molar-refractivity contribution in [2.75, 3.05) is 10.0 Å². The Morgan fingerprint density at radius 2 is 1.59 bits per heavy atom. The smallest absolute Gasteiger partial charge is 0.263 e. The fourth-order valence-corrected chi connectivity index (χ4v) is 2.92. The van der Waals surface area contributed by atoms with Crippen LogP contribution in [0.4, 0.5) is 11.6 Å². The lowest BCUT2D eigenvalue weighted by atomic mass is 10.1. The van der Waals surface area contributed by atoms with Gasteiger partial charge in [0.05, 0.1) is 4.90 Å². The van der Waals surface area contributed by atoms with Gasteiger partial charge in [0.2, 0.25) is 0 Å². The average Bonchev–Trinajstić information content (AvgIpc) is 2.43. The fraction of sp³-hybridized carbons (Fsp3) is 0.333. The lowest BCUT2D eigenvalue weighted by Crippen LogP contribution is -2.16. The molecule has 0 aliphatic heterocycles. The molecule has 0 saturated carbocycles. The summed E-state index contributed by atoms with van der Waals surface area (Å²) < 4.78 is 27.1. The van der Waals surface area contributed by atoms with Crippen LogP contribution in [0.25, 0.3) is 0 Å². The van der Waals surface area contributed by atoms with Gasteiger partial charge in [-0.05, 0) is 63.1 Å². The number of hydrogen-bond donors (Lipinski definition) is 2. The van der Waals surface area contributed by atoms with E-state index in [0.717, 1.165) is 11.1 Å². The molecule has 2 aromatic rings. The van der Waals surface area contributed by atoms with Gasteiger partial charge in [0.15, 0.2) is 5.82 Å². The minimum Gasteiger partial charge on any atom is -0.366 e. The van der Waals surface area contributed by atoms with Crippen molar-refractivity contribution in [3.8, 4) is 0 Å². The molecule has 22 heavy (non-hydrogen) atoms. The Hall–Kier alpha value is -2.15. The summed E-state index contributed by atoms with van der Waals surface area (Å²) in [6.07, 6.45) is 0. The van der Waals surface area contributed by atoms with E-state index in [0.29, 0.717) is 5.82 Å². The standard InChI is InChI=1S/C15H20N4O2S/c1-10(2)16-14-7-8-15(18-17-14)19-22(20,21)13-6-5-11(3)12(4)9-13/h5-10H,1-4H3,(H,16,17)(H,18,19). The molecule has 2 N–H and O–H groups in total.